The van der Waals surface area contributed by atoms with Crippen molar-refractivity contribution < 1.29 is 52.4 Å². The molecule has 0 bridgehead atoms. The zero-order valence-electron chi connectivity index (χ0n) is 21.2. The fourth-order valence-electron chi connectivity index (χ4n) is 4.12. The van der Waals surface area contributed by atoms with Gasteiger partial charge in [0.2, 0.25) is 5.96 Å². The van der Waals surface area contributed by atoms with Crippen LogP contribution >= 0.6 is 0 Å². The molecule has 206 valence electrons. The molecule has 1 aromatic carbocycles. The second-order valence-electron chi connectivity index (χ2n) is 10.1. The molecule has 1 aliphatic heterocycles. The summed E-state index contributed by atoms with van der Waals surface area (Å²) in [6, 6.07) is 8.60. The van der Waals surface area contributed by atoms with Gasteiger partial charge in [-0.15, -0.1) is 0 Å². The molecular weight excluding hydrogens is 664 g/mol. The van der Waals surface area contributed by atoms with Crippen LogP contribution in [0.2, 0.25) is 0 Å². The average molecular weight is 718 g/mol. The number of aliphatic imine (C=N–C) groups is 2. The summed E-state index contributed by atoms with van der Waals surface area (Å²) in [5.74, 6) is 0.685. The maximum Gasteiger partial charge on any atom is 0.218 e. The number of quaternary nitrogens is 2. The van der Waals surface area contributed by atoms with Crippen LogP contribution in [0, 0.1) is 0 Å². The van der Waals surface area contributed by atoms with Crippen molar-refractivity contribution in [3.8, 4) is 0 Å². The van der Waals surface area contributed by atoms with Gasteiger partial charge in [0.05, 0.1) is 47.8 Å². The van der Waals surface area contributed by atoms with E-state index in [-0.39, 0.29) is 68.8 Å². The Morgan fingerprint density at radius 2 is 1.66 bits per heavy atom. The molecule has 1 heterocycles. The van der Waals surface area contributed by atoms with Crippen LogP contribution in [0.1, 0.15) is 52.5 Å². The third-order valence-electron chi connectivity index (χ3n) is 6.32. The number of guanidine groups is 2. The second-order valence-corrected chi connectivity index (χ2v) is 10.1. The Labute approximate surface area is 250 Å². The minimum absolute atomic E-state index is 0. The van der Waals surface area contributed by atoms with Crippen LogP contribution in [0.3, 0.4) is 0 Å². The van der Waals surface area contributed by atoms with Crippen LogP contribution in [0.15, 0.2) is 34.3 Å². The Morgan fingerprint density at radius 1 is 1.03 bits per heavy atom. The molecule has 0 aliphatic carbocycles. The lowest BCUT2D eigenvalue weighted by Gasteiger charge is -2.38. The summed E-state index contributed by atoms with van der Waals surface area (Å²) in [5.41, 5.74) is 14.6. The highest BCUT2D eigenvalue weighted by Crippen LogP contribution is 2.19. The van der Waals surface area contributed by atoms with E-state index in [4.69, 9.17) is 11.5 Å². The summed E-state index contributed by atoms with van der Waals surface area (Å²) >= 11 is 0. The molecule has 1 fully saturated rings. The van der Waals surface area contributed by atoms with E-state index in [1.165, 1.54) is 61.1 Å². The molecule has 0 spiro atoms. The zero-order chi connectivity index (χ0) is 22.9. The van der Waals surface area contributed by atoms with Gasteiger partial charge >= 0.3 is 0 Å². The Hall–Kier alpha value is -0.660. The monoisotopic (exact) mass is 717 g/mol. The third kappa shape index (κ3) is 14.6. The van der Waals surface area contributed by atoms with Crippen LogP contribution in [0.4, 0.5) is 5.69 Å². The second kappa shape index (κ2) is 18.6. The fraction of sp³-hybridized carbons (Fsp3) is 0.692. The van der Waals surface area contributed by atoms with Crippen LogP contribution in [-0.2, 0) is 6.42 Å². The van der Waals surface area contributed by atoms with E-state index in [0.717, 1.165) is 23.9 Å². The van der Waals surface area contributed by atoms with E-state index < -0.39 is 0 Å². The smallest absolute Gasteiger partial charge is 0.218 e. The van der Waals surface area contributed by atoms with Gasteiger partial charge in [-0.1, -0.05) is 27.0 Å². The summed E-state index contributed by atoms with van der Waals surface area (Å²) in [6.07, 6.45) is 7.29. The molecule has 0 atom stereocenters. The number of benzene rings is 1. The fourth-order valence-corrected chi connectivity index (χ4v) is 4.12. The van der Waals surface area contributed by atoms with Crippen molar-refractivity contribution >= 4 is 17.6 Å². The molecule has 9 heteroatoms. The highest BCUT2D eigenvalue weighted by Gasteiger charge is 2.23. The van der Waals surface area contributed by atoms with Crippen molar-refractivity contribution in [1.29, 1.82) is 0 Å². The predicted octanol–water partition coefficient (Wildman–Crippen LogP) is -2.32. The maximum absolute atomic E-state index is 6.13. The highest BCUT2D eigenvalue weighted by atomic mass is 127. The van der Waals surface area contributed by atoms with Gasteiger partial charge in [-0.3, -0.25) is 9.48 Å². The molecule has 1 saturated heterocycles. The third-order valence-corrected chi connectivity index (χ3v) is 6.32. The summed E-state index contributed by atoms with van der Waals surface area (Å²) < 4.78 is 2.02. The molecule has 0 amide bonds. The van der Waals surface area contributed by atoms with Crippen molar-refractivity contribution in [3.05, 3.63) is 29.8 Å². The lowest BCUT2D eigenvalue weighted by Crippen LogP contribution is -3.00. The molecule has 4 N–H and O–H groups in total. The van der Waals surface area contributed by atoms with Gasteiger partial charge in [-0.05, 0) is 50.2 Å². The van der Waals surface area contributed by atoms with Crippen LogP contribution in [0.25, 0.3) is 0 Å². The number of halogens is 2. The molecule has 2 rings (SSSR count). The number of unbranched alkanes of at least 4 members (excludes halogenated alkanes) is 1. The molecule has 0 unspecified atom stereocenters. The van der Waals surface area contributed by atoms with E-state index >= 15 is 0 Å². The molecule has 35 heavy (non-hydrogen) atoms. The molecule has 0 radical (unpaired) electrons. The van der Waals surface area contributed by atoms with Crippen LogP contribution in [0.5, 0.6) is 0 Å². The van der Waals surface area contributed by atoms with E-state index in [2.05, 4.69) is 62.4 Å². The summed E-state index contributed by atoms with van der Waals surface area (Å²) in [5, 5.41) is 0. The van der Waals surface area contributed by atoms with E-state index in [9.17, 15) is 0 Å². The summed E-state index contributed by atoms with van der Waals surface area (Å²) in [6.45, 7) is 5.39. The van der Waals surface area contributed by atoms with Crippen molar-refractivity contribution in [2.24, 2.45) is 21.5 Å². The summed E-state index contributed by atoms with van der Waals surface area (Å²) in [4.78, 5) is 10.7. The first-order valence-corrected chi connectivity index (χ1v) is 11.7. The first kappa shape index (κ1) is 38.9. The average Bonchev–Trinajstić information content (AvgIpc) is 2.71. The van der Waals surface area contributed by atoms with Crippen molar-refractivity contribution in [3.63, 3.8) is 0 Å². The lowest BCUT2D eigenvalue weighted by molar-refractivity contribution is -0.914. The lowest BCUT2D eigenvalue weighted by atomic mass is 10.1. The van der Waals surface area contributed by atoms with Gasteiger partial charge < -0.3 is 68.8 Å². The predicted molar refractivity (Wildman–Crippen MR) is 148 cm³/mol. The van der Waals surface area contributed by atoms with Crippen LogP contribution < -0.4 is 63.9 Å². The normalized spacial score (nSPS) is 15.6. The first-order chi connectivity index (χ1) is 14.6. The first-order valence-electron chi connectivity index (χ1n) is 11.7. The van der Waals surface area contributed by atoms with E-state index in [0.29, 0.717) is 12.5 Å². The number of likely N-dealkylation sites (tertiary alicyclic amines) is 1. The Balaban J connectivity index is -0.00000256. The molecule has 0 saturated carbocycles. The quantitative estimate of drug-likeness (QED) is 0.0992. The Bertz CT molecular complexity index is 754. The summed E-state index contributed by atoms with van der Waals surface area (Å²) in [7, 11) is 10.9. The minimum Gasteiger partial charge on any atom is -1.00 e. The number of rotatable bonds is 9. The van der Waals surface area contributed by atoms with E-state index in [1.807, 2.05) is 11.9 Å². The van der Waals surface area contributed by atoms with Gasteiger partial charge in [-0.25, -0.2) is 0 Å². The van der Waals surface area contributed by atoms with Crippen LogP contribution in [-0.4, -0.2) is 89.3 Å². The van der Waals surface area contributed by atoms with Gasteiger partial charge in [0, 0.05) is 26.2 Å². The molecule has 7 nitrogen and oxygen atoms in total. The largest absolute Gasteiger partial charge is 1.00 e. The highest BCUT2D eigenvalue weighted by molar-refractivity contribution is 5.93. The standard InChI is InChI=1S/C24H45N7.2CH4.2HI/c1-29(16-7-10-19-31(5)17-8-6-9-18-31)24(26)28-23(25)27-15-14-21-12-11-13-22(20-21)30(2,3)4;;;;/h11-13,20H,6-10,14-19H2,1-5H3,(H4,25,26,27,28);2*1H4;2*1H/q+2;;;;/p-2. The molecule has 1 aromatic rings. The minimum atomic E-state index is 0. The molecule has 1 aliphatic rings. The van der Waals surface area contributed by atoms with Crippen molar-refractivity contribution in [1.82, 2.24) is 9.38 Å². The number of nitrogens with two attached hydrogens (primary N) is 2. The number of hydrogen-bond acceptors (Lipinski definition) is 1. The van der Waals surface area contributed by atoms with E-state index in [1.54, 1.807) is 0 Å². The zero-order valence-corrected chi connectivity index (χ0v) is 25.5. The maximum atomic E-state index is 6.13. The van der Waals surface area contributed by atoms with Crippen molar-refractivity contribution in [2.75, 3.05) is 68.0 Å². The Morgan fingerprint density at radius 3 is 2.26 bits per heavy atom. The van der Waals surface area contributed by atoms with Gasteiger partial charge in [-0.2, -0.15) is 4.99 Å². The molecule has 0 aromatic heterocycles. The SMILES string of the molecule is C.C.CN(CCCC[N+]1(C)CCCCC1)C(N)=NC(N)=NCCc1cccc([N+](C)(C)C)c1.[I-].[I-]. The molecular formula is C26H53I2N7. The Kier molecular flexibility index (Phi) is 20.6. The van der Waals surface area contributed by atoms with Gasteiger partial charge in [0.1, 0.15) is 5.69 Å². The van der Waals surface area contributed by atoms with Gasteiger partial charge in [0.25, 0.3) is 0 Å². The number of hydrogen-bond donors (Lipinski definition) is 2. The number of nitrogens with zero attached hydrogens (tertiary/aromatic N) is 5. The van der Waals surface area contributed by atoms with Gasteiger partial charge in [0.15, 0.2) is 5.96 Å². The number of piperidine rings is 1. The van der Waals surface area contributed by atoms with Crippen molar-refractivity contribution in [2.45, 2.75) is 53.4 Å². The topological polar surface area (TPSA) is 80.0 Å².